The molecule has 0 atom stereocenters. The molecule has 0 bridgehead atoms. The summed E-state index contributed by atoms with van der Waals surface area (Å²) in [5, 5.41) is 3.45. The van der Waals surface area contributed by atoms with E-state index in [-0.39, 0.29) is 11.3 Å². The van der Waals surface area contributed by atoms with Crippen molar-refractivity contribution in [3.8, 4) is 5.75 Å². The zero-order valence-corrected chi connectivity index (χ0v) is 19.0. The Kier molecular flexibility index (Phi) is 7.45. The van der Waals surface area contributed by atoms with Crippen molar-refractivity contribution in [2.45, 2.75) is 32.6 Å². The fourth-order valence-electron chi connectivity index (χ4n) is 4.67. The van der Waals surface area contributed by atoms with Crippen LogP contribution in [-0.4, -0.2) is 82.1 Å². The summed E-state index contributed by atoms with van der Waals surface area (Å²) in [7, 11) is 5.43. The third-order valence-corrected chi connectivity index (χ3v) is 6.29. The lowest BCUT2D eigenvalue weighted by Crippen LogP contribution is -2.53. The molecule has 1 aliphatic carbocycles. The van der Waals surface area contributed by atoms with E-state index in [0.29, 0.717) is 6.54 Å². The highest BCUT2D eigenvalue weighted by Gasteiger charge is 2.42. The molecule has 0 unspecified atom stereocenters. The summed E-state index contributed by atoms with van der Waals surface area (Å²) in [4.78, 5) is 24.3. The number of ether oxygens (including phenoxy) is 1. The highest BCUT2D eigenvalue weighted by atomic mass is 16.5. The van der Waals surface area contributed by atoms with E-state index in [0.717, 1.165) is 75.8 Å². The zero-order chi connectivity index (χ0) is 21.6. The van der Waals surface area contributed by atoms with Crippen molar-refractivity contribution in [1.82, 2.24) is 15.1 Å². The Balaban J connectivity index is 1.69. The van der Waals surface area contributed by atoms with Gasteiger partial charge in [0.1, 0.15) is 5.75 Å². The molecule has 0 spiro atoms. The Bertz CT molecular complexity index is 735. The van der Waals surface area contributed by atoms with Crippen molar-refractivity contribution in [1.29, 1.82) is 0 Å². The van der Waals surface area contributed by atoms with E-state index in [9.17, 15) is 4.79 Å². The van der Waals surface area contributed by atoms with Crippen LogP contribution in [0.2, 0.25) is 0 Å². The number of benzene rings is 1. The number of rotatable bonds is 6. The van der Waals surface area contributed by atoms with Gasteiger partial charge in [-0.3, -0.25) is 9.79 Å². The number of anilines is 1. The zero-order valence-electron chi connectivity index (χ0n) is 19.0. The monoisotopic (exact) mass is 415 g/mol. The summed E-state index contributed by atoms with van der Waals surface area (Å²) >= 11 is 0. The van der Waals surface area contributed by atoms with Gasteiger partial charge in [0.05, 0.1) is 24.8 Å². The maximum Gasteiger partial charge on any atom is 0.230 e. The van der Waals surface area contributed by atoms with Crippen LogP contribution < -0.4 is 15.0 Å². The molecule has 1 saturated carbocycles. The van der Waals surface area contributed by atoms with Gasteiger partial charge < -0.3 is 24.8 Å². The quantitative estimate of drug-likeness (QED) is 0.571. The molecule has 0 radical (unpaired) electrons. The van der Waals surface area contributed by atoms with Gasteiger partial charge in [-0.25, -0.2) is 0 Å². The van der Waals surface area contributed by atoms with E-state index in [4.69, 9.17) is 9.73 Å². The normalized spacial score (nSPS) is 19.0. The number of nitrogens with one attached hydrogen (secondary N) is 1. The van der Waals surface area contributed by atoms with Crippen LogP contribution in [0.1, 0.15) is 32.6 Å². The first kappa shape index (κ1) is 22.2. The molecule has 0 aromatic heterocycles. The van der Waals surface area contributed by atoms with Crippen molar-refractivity contribution >= 4 is 17.6 Å². The summed E-state index contributed by atoms with van der Waals surface area (Å²) in [6.07, 6.45) is 4.11. The minimum absolute atomic E-state index is 0.223. The molecule has 1 amide bonds. The van der Waals surface area contributed by atoms with Gasteiger partial charge in [0, 0.05) is 46.8 Å². The Hall–Kier alpha value is -2.44. The average Bonchev–Trinajstić information content (AvgIpc) is 3.26. The van der Waals surface area contributed by atoms with Gasteiger partial charge in [-0.15, -0.1) is 0 Å². The second-order valence-electron chi connectivity index (χ2n) is 8.50. The van der Waals surface area contributed by atoms with E-state index in [1.165, 1.54) is 0 Å². The minimum atomic E-state index is -0.330. The number of amides is 1. The molecule has 1 N–H and O–H groups in total. The number of piperazine rings is 1. The van der Waals surface area contributed by atoms with Crippen LogP contribution in [0.25, 0.3) is 0 Å². The van der Waals surface area contributed by atoms with E-state index in [1.54, 1.807) is 12.0 Å². The third kappa shape index (κ3) is 4.82. The van der Waals surface area contributed by atoms with E-state index < -0.39 is 0 Å². The number of hydrogen-bond donors (Lipinski definition) is 1. The molecule has 1 saturated heterocycles. The lowest BCUT2D eigenvalue weighted by molar-refractivity contribution is -0.138. The van der Waals surface area contributed by atoms with Crippen LogP contribution >= 0.6 is 0 Å². The molecule has 166 valence electrons. The topological polar surface area (TPSA) is 60.4 Å². The standard InChI is InChI=1S/C23H37N5O2/c1-5-24-22(25-18-23(12-8-9-13-23)21(29)26(2)3)28-16-14-27(15-17-28)19-10-6-7-11-20(19)30-4/h6-7,10-11H,5,8-9,12-18H2,1-4H3,(H,24,25). The van der Waals surface area contributed by atoms with E-state index in [2.05, 4.69) is 34.2 Å². The summed E-state index contributed by atoms with van der Waals surface area (Å²) < 4.78 is 5.53. The van der Waals surface area contributed by atoms with Crippen LogP contribution in [0.15, 0.2) is 29.3 Å². The second-order valence-corrected chi connectivity index (χ2v) is 8.50. The number of nitrogens with zero attached hydrogens (tertiary/aromatic N) is 4. The fourth-order valence-corrected chi connectivity index (χ4v) is 4.67. The number of guanidine groups is 1. The van der Waals surface area contributed by atoms with Gasteiger partial charge in [-0.2, -0.15) is 0 Å². The summed E-state index contributed by atoms with van der Waals surface area (Å²) in [6.45, 7) is 7.08. The molecule has 7 heteroatoms. The number of aliphatic imine (C=N–C) groups is 1. The van der Waals surface area contributed by atoms with Crippen LogP contribution in [0, 0.1) is 5.41 Å². The van der Waals surface area contributed by atoms with Crippen molar-refractivity contribution in [3.05, 3.63) is 24.3 Å². The van der Waals surface area contributed by atoms with Gasteiger partial charge in [0.15, 0.2) is 5.96 Å². The van der Waals surface area contributed by atoms with Crippen LogP contribution in [-0.2, 0) is 4.79 Å². The molecular formula is C23H37N5O2. The smallest absolute Gasteiger partial charge is 0.230 e. The van der Waals surface area contributed by atoms with E-state index >= 15 is 0 Å². The lowest BCUT2D eigenvalue weighted by Gasteiger charge is -2.38. The van der Waals surface area contributed by atoms with Crippen LogP contribution in [0.5, 0.6) is 5.75 Å². The number of carbonyl (C=O) groups is 1. The van der Waals surface area contributed by atoms with Crippen molar-refractivity contribution in [2.75, 3.05) is 65.4 Å². The van der Waals surface area contributed by atoms with Gasteiger partial charge in [0.25, 0.3) is 0 Å². The molecule has 1 aromatic carbocycles. The second kappa shape index (κ2) is 10.0. The predicted octanol–water partition coefficient (Wildman–Crippen LogP) is 2.43. The summed E-state index contributed by atoms with van der Waals surface area (Å²) in [5.74, 6) is 2.06. The molecule has 7 nitrogen and oxygen atoms in total. The molecule has 3 rings (SSSR count). The number of methoxy groups -OCH3 is 1. The highest BCUT2D eigenvalue weighted by molar-refractivity contribution is 5.84. The SMILES string of the molecule is CCNC(=NCC1(C(=O)N(C)C)CCCC1)N1CCN(c2ccccc2OC)CC1. The molecule has 2 fully saturated rings. The van der Waals surface area contributed by atoms with Crippen LogP contribution in [0.4, 0.5) is 5.69 Å². The minimum Gasteiger partial charge on any atom is -0.495 e. The Morgan fingerprint density at radius 2 is 1.83 bits per heavy atom. The number of para-hydroxylation sites is 2. The summed E-state index contributed by atoms with van der Waals surface area (Å²) in [5.41, 5.74) is 0.812. The number of carbonyl (C=O) groups excluding carboxylic acids is 1. The molecule has 30 heavy (non-hydrogen) atoms. The first-order valence-electron chi connectivity index (χ1n) is 11.1. The Morgan fingerprint density at radius 1 is 1.17 bits per heavy atom. The fraction of sp³-hybridized carbons (Fsp3) is 0.652. The maximum atomic E-state index is 12.9. The van der Waals surface area contributed by atoms with Gasteiger partial charge in [-0.1, -0.05) is 25.0 Å². The highest BCUT2D eigenvalue weighted by Crippen LogP contribution is 2.40. The van der Waals surface area contributed by atoms with Crippen molar-refractivity contribution in [2.24, 2.45) is 10.4 Å². The average molecular weight is 416 g/mol. The predicted molar refractivity (Wildman–Crippen MR) is 122 cm³/mol. The first-order chi connectivity index (χ1) is 14.5. The van der Waals surface area contributed by atoms with E-state index in [1.807, 2.05) is 26.2 Å². The van der Waals surface area contributed by atoms with Gasteiger partial charge in [-0.05, 0) is 31.9 Å². The van der Waals surface area contributed by atoms with Crippen LogP contribution in [0.3, 0.4) is 0 Å². The third-order valence-electron chi connectivity index (χ3n) is 6.29. The molecule has 1 aromatic rings. The Labute approximate surface area is 181 Å². The molecular weight excluding hydrogens is 378 g/mol. The van der Waals surface area contributed by atoms with Gasteiger partial charge in [0.2, 0.25) is 5.91 Å². The maximum absolute atomic E-state index is 12.9. The van der Waals surface area contributed by atoms with Gasteiger partial charge >= 0.3 is 0 Å². The first-order valence-corrected chi connectivity index (χ1v) is 11.1. The Morgan fingerprint density at radius 3 is 2.43 bits per heavy atom. The molecule has 1 heterocycles. The number of hydrogen-bond acceptors (Lipinski definition) is 4. The molecule has 2 aliphatic rings. The van der Waals surface area contributed by atoms with Crippen molar-refractivity contribution in [3.63, 3.8) is 0 Å². The largest absolute Gasteiger partial charge is 0.495 e. The summed E-state index contributed by atoms with van der Waals surface area (Å²) in [6, 6.07) is 8.18. The lowest BCUT2D eigenvalue weighted by atomic mass is 9.85. The molecule has 1 aliphatic heterocycles. The van der Waals surface area contributed by atoms with Crippen molar-refractivity contribution < 1.29 is 9.53 Å².